The minimum Gasteiger partial charge on any atom is -0.358 e. The quantitative estimate of drug-likeness (QED) is 0.396. The number of benzene rings is 1. The SMILES string of the molecule is CCC[C@H]1CN(c2ncc(-c3ncc[nH]3)cc2Cl)CCN1C1CCN([C@H](C(=O)NC)c2ccc(Cl)cc2)CC1. The van der Waals surface area contributed by atoms with E-state index < -0.39 is 0 Å². The first-order chi connectivity index (χ1) is 19.0. The molecule has 0 saturated carbocycles. The molecule has 10 heteroatoms. The number of pyridine rings is 1. The van der Waals surface area contributed by atoms with E-state index in [1.54, 1.807) is 19.4 Å². The summed E-state index contributed by atoms with van der Waals surface area (Å²) in [6.07, 6.45) is 9.71. The highest BCUT2D eigenvalue weighted by Crippen LogP contribution is 2.33. The molecule has 1 aromatic carbocycles. The van der Waals surface area contributed by atoms with Gasteiger partial charge in [0.05, 0.1) is 5.02 Å². The second kappa shape index (κ2) is 12.7. The summed E-state index contributed by atoms with van der Waals surface area (Å²) in [6, 6.07) is 10.2. The van der Waals surface area contributed by atoms with Crippen LogP contribution >= 0.6 is 23.2 Å². The number of aromatic nitrogens is 3. The molecule has 0 spiro atoms. The van der Waals surface area contributed by atoms with E-state index in [2.05, 4.69) is 36.9 Å². The maximum absolute atomic E-state index is 12.9. The summed E-state index contributed by atoms with van der Waals surface area (Å²) >= 11 is 12.8. The number of hydrogen-bond acceptors (Lipinski definition) is 6. The Hall–Kier alpha value is -2.65. The van der Waals surface area contributed by atoms with Crippen LogP contribution in [0.1, 0.15) is 44.2 Å². The zero-order chi connectivity index (χ0) is 27.4. The summed E-state index contributed by atoms with van der Waals surface area (Å²) in [4.78, 5) is 32.4. The number of halogens is 2. The molecule has 0 bridgehead atoms. The van der Waals surface area contributed by atoms with Crippen molar-refractivity contribution in [2.24, 2.45) is 0 Å². The molecule has 5 rings (SSSR count). The van der Waals surface area contributed by atoms with E-state index in [1.165, 1.54) is 0 Å². The fourth-order valence-corrected chi connectivity index (χ4v) is 6.55. The lowest BCUT2D eigenvalue weighted by molar-refractivity contribution is -0.127. The molecule has 39 heavy (non-hydrogen) atoms. The fraction of sp³-hybridized carbons (Fsp3) is 0.483. The molecule has 0 radical (unpaired) electrons. The maximum Gasteiger partial charge on any atom is 0.241 e. The van der Waals surface area contributed by atoms with Gasteiger partial charge in [0.1, 0.15) is 17.7 Å². The minimum atomic E-state index is -0.297. The third kappa shape index (κ3) is 6.24. The second-order valence-electron chi connectivity index (χ2n) is 10.4. The van der Waals surface area contributed by atoms with E-state index in [1.807, 2.05) is 36.5 Å². The number of carbonyl (C=O) groups is 1. The zero-order valence-corrected chi connectivity index (χ0v) is 24.1. The number of anilines is 1. The van der Waals surface area contributed by atoms with Crippen LogP contribution in [0.3, 0.4) is 0 Å². The van der Waals surface area contributed by atoms with Crippen LogP contribution in [0.15, 0.2) is 48.9 Å². The van der Waals surface area contributed by atoms with Crippen molar-refractivity contribution in [3.63, 3.8) is 0 Å². The number of nitrogens with one attached hydrogen (secondary N) is 2. The molecular weight excluding hydrogens is 533 g/mol. The van der Waals surface area contributed by atoms with E-state index in [-0.39, 0.29) is 11.9 Å². The molecule has 2 fully saturated rings. The first-order valence-corrected chi connectivity index (χ1v) is 14.6. The number of nitrogens with zero attached hydrogens (tertiary/aromatic N) is 5. The summed E-state index contributed by atoms with van der Waals surface area (Å²) in [5.74, 6) is 1.64. The molecule has 2 atom stereocenters. The zero-order valence-electron chi connectivity index (χ0n) is 22.6. The van der Waals surface area contributed by atoms with Crippen molar-refractivity contribution in [1.82, 2.24) is 30.1 Å². The first-order valence-electron chi connectivity index (χ1n) is 13.9. The van der Waals surface area contributed by atoms with Gasteiger partial charge in [0.2, 0.25) is 5.91 Å². The molecule has 0 unspecified atom stereocenters. The average Bonchev–Trinajstić information content (AvgIpc) is 3.50. The highest BCUT2D eigenvalue weighted by molar-refractivity contribution is 6.33. The topological polar surface area (TPSA) is 80.4 Å². The Kier molecular flexibility index (Phi) is 9.07. The molecule has 208 valence electrons. The predicted molar refractivity (Wildman–Crippen MR) is 157 cm³/mol. The largest absolute Gasteiger partial charge is 0.358 e. The Morgan fingerprint density at radius 1 is 1.13 bits per heavy atom. The van der Waals surface area contributed by atoms with Gasteiger partial charge in [0.15, 0.2) is 0 Å². The Balaban J connectivity index is 1.25. The summed E-state index contributed by atoms with van der Waals surface area (Å²) in [6.45, 7) is 6.79. The molecular formula is C29H37Cl2N7O. The van der Waals surface area contributed by atoms with Gasteiger partial charge in [-0.05, 0) is 43.0 Å². The first kappa shape index (κ1) is 27.9. The van der Waals surface area contributed by atoms with Gasteiger partial charge in [-0.1, -0.05) is 48.7 Å². The normalized spacial score (nSPS) is 20.2. The average molecular weight is 571 g/mol. The van der Waals surface area contributed by atoms with Crippen molar-refractivity contribution in [3.8, 4) is 11.4 Å². The monoisotopic (exact) mass is 569 g/mol. The Labute approximate surface area is 240 Å². The van der Waals surface area contributed by atoms with Crippen LogP contribution in [-0.4, -0.2) is 82.5 Å². The van der Waals surface area contributed by atoms with Crippen molar-refractivity contribution in [1.29, 1.82) is 0 Å². The van der Waals surface area contributed by atoms with Crippen LogP contribution in [0.4, 0.5) is 5.82 Å². The van der Waals surface area contributed by atoms with Gasteiger partial charge in [-0.2, -0.15) is 0 Å². The summed E-state index contributed by atoms with van der Waals surface area (Å²) in [5.41, 5.74) is 1.87. The summed E-state index contributed by atoms with van der Waals surface area (Å²) < 4.78 is 0. The Morgan fingerprint density at radius 2 is 1.90 bits per heavy atom. The molecule has 2 N–H and O–H groups in total. The Bertz CT molecular complexity index is 1230. The van der Waals surface area contributed by atoms with Gasteiger partial charge in [0.25, 0.3) is 0 Å². The van der Waals surface area contributed by atoms with E-state index in [0.717, 1.165) is 81.2 Å². The van der Waals surface area contributed by atoms with Gasteiger partial charge in [-0.25, -0.2) is 9.97 Å². The van der Waals surface area contributed by atoms with Crippen LogP contribution in [0, 0.1) is 0 Å². The number of likely N-dealkylation sites (N-methyl/N-ethyl adjacent to an activating group) is 1. The van der Waals surface area contributed by atoms with E-state index in [4.69, 9.17) is 28.2 Å². The highest BCUT2D eigenvalue weighted by Gasteiger charge is 2.37. The van der Waals surface area contributed by atoms with Gasteiger partial charge in [-0.3, -0.25) is 14.6 Å². The molecule has 8 nitrogen and oxygen atoms in total. The van der Waals surface area contributed by atoms with Gasteiger partial charge in [-0.15, -0.1) is 0 Å². The summed E-state index contributed by atoms with van der Waals surface area (Å²) in [5, 5.41) is 4.19. The number of piperidine rings is 1. The summed E-state index contributed by atoms with van der Waals surface area (Å²) in [7, 11) is 1.71. The van der Waals surface area contributed by atoms with Crippen LogP contribution < -0.4 is 10.2 Å². The molecule has 1 amide bonds. The van der Waals surface area contributed by atoms with E-state index >= 15 is 0 Å². The number of imidazole rings is 1. The lowest BCUT2D eigenvalue weighted by Gasteiger charge is -2.48. The standard InChI is InChI=1S/C29H37Cl2N7O/c1-3-4-24-19-37(28-25(31)17-21(18-35-28)27-33-11-12-34-27)15-16-38(24)23-9-13-36(14-10-23)26(29(39)32-2)20-5-7-22(30)8-6-20/h5-8,11-12,17-18,23-24,26H,3-4,9-10,13-16,19H2,1-2H3,(H,32,39)(H,33,34)/t24-,26-/m0/s1. The van der Waals surface area contributed by atoms with Crippen molar-refractivity contribution in [3.05, 3.63) is 64.5 Å². The van der Waals surface area contributed by atoms with Gasteiger partial charge < -0.3 is 15.2 Å². The fourth-order valence-electron chi connectivity index (χ4n) is 6.13. The van der Waals surface area contributed by atoms with Crippen molar-refractivity contribution in [2.75, 3.05) is 44.7 Å². The number of aromatic amines is 1. The molecule has 0 aliphatic carbocycles. The molecule has 2 aliphatic heterocycles. The lowest BCUT2D eigenvalue weighted by Crippen LogP contribution is -2.59. The predicted octanol–water partition coefficient (Wildman–Crippen LogP) is 5.02. The molecule has 2 aromatic heterocycles. The van der Waals surface area contributed by atoms with E-state index in [9.17, 15) is 4.79 Å². The minimum absolute atomic E-state index is 0.0238. The molecule has 2 saturated heterocycles. The number of hydrogen-bond donors (Lipinski definition) is 2. The van der Waals surface area contributed by atoms with Gasteiger partial charge in [0, 0.05) is 81.0 Å². The Morgan fingerprint density at radius 3 is 2.54 bits per heavy atom. The number of likely N-dealkylation sites (tertiary alicyclic amines) is 1. The van der Waals surface area contributed by atoms with Crippen molar-refractivity contribution >= 4 is 34.9 Å². The van der Waals surface area contributed by atoms with Crippen LogP contribution in [0.25, 0.3) is 11.4 Å². The molecule has 3 aromatic rings. The van der Waals surface area contributed by atoms with Crippen molar-refractivity contribution in [2.45, 2.75) is 50.7 Å². The van der Waals surface area contributed by atoms with Crippen molar-refractivity contribution < 1.29 is 4.79 Å². The lowest BCUT2D eigenvalue weighted by atomic mass is 9.95. The third-order valence-electron chi connectivity index (χ3n) is 8.06. The third-order valence-corrected chi connectivity index (χ3v) is 8.59. The van der Waals surface area contributed by atoms with Crippen LogP contribution in [0.2, 0.25) is 10.0 Å². The molecule has 2 aliphatic rings. The number of carbonyl (C=O) groups excluding carboxylic acids is 1. The smallest absolute Gasteiger partial charge is 0.241 e. The second-order valence-corrected chi connectivity index (χ2v) is 11.3. The van der Waals surface area contributed by atoms with Crippen LogP contribution in [-0.2, 0) is 4.79 Å². The number of piperazine rings is 1. The number of H-pyrrole nitrogens is 1. The number of amides is 1. The maximum atomic E-state index is 12.9. The highest BCUT2D eigenvalue weighted by atomic mass is 35.5. The van der Waals surface area contributed by atoms with E-state index in [0.29, 0.717) is 22.1 Å². The van der Waals surface area contributed by atoms with Gasteiger partial charge >= 0.3 is 0 Å². The molecule has 4 heterocycles. The van der Waals surface area contributed by atoms with Crippen LogP contribution in [0.5, 0.6) is 0 Å². The number of rotatable bonds is 8.